The van der Waals surface area contributed by atoms with Crippen molar-refractivity contribution in [2.24, 2.45) is 0 Å². The molecule has 6 nitrogen and oxygen atoms in total. The van der Waals surface area contributed by atoms with Crippen LogP contribution in [0.3, 0.4) is 0 Å². The number of aryl methyl sites for hydroxylation is 1. The Morgan fingerprint density at radius 3 is 2.55 bits per heavy atom. The molecule has 4 rings (SSSR count). The Hall–Kier alpha value is -3.74. The molecule has 2 atom stereocenters. The van der Waals surface area contributed by atoms with Crippen molar-refractivity contribution in [3.63, 3.8) is 0 Å². The fraction of sp³-hybridized carbons (Fsp3) is 0.269. The maximum Gasteiger partial charge on any atom is 0.269 e. The van der Waals surface area contributed by atoms with Crippen LogP contribution in [-0.4, -0.2) is 36.4 Å². The number of aromatic nitrogens is 1. The summed E-state index contributed by atoms with van der Waals surface area (Å²) in [4.78, 5) is 28.7. The number of carbonyl (C=O) groups is 2. The molecule has 0 spiro atoms. The molecule has 7 heteroatoms. The van der Waals surface area contributed by atoms with Crippen LogP contribution >= 0.6 is 0 Å². The van der Waals surface area contributed by atoms with Gasteiger partial charge in [-0.2, -0.15) is 0 Å². The van der Waals surface area contributed by atoms with Gasteiger partial charge in [-0.1, -0.05) is 18.2 Å². The van der Waals surface area contributed by atoms with E-state index in [2.05, 4.69) is 20.9 Å². The van der Waals surface area contributed by atoms with Crippen LogP contribution < -0.4 is 16.0 Å². The van der Waals surface area contributed by atoms with Gasteiger partial charge in [0.1, 0.15) is 11.5 Å². The summed E-state index contributed by atoms with van der Waals surface area (Å²) in [6, 6.07) is 14.1. The number of hydrogen-bond acceptors (Lipinski definition) is 4. The van der Waals surface area contributed by atoms with E-state index in [1.807, 2.05) is 32.0 Å². The van der Waals surface area contributed by atoms with Gasteiger partial charge in [0.15, 0.2) is 0 Å². The third kappa shape index (κ3) is 4.58. The minimum absolute atomic E-state index is 0.0896. The van der Waals surface area contributed by atoms with E-state index in [0.29, 0.717) is 29.9 Å². The lowest BCUT2D eigenvalue weighted by molar-refractivity contribution is 0.0944. The van der Waals surface area contributed by atoms with Gasteiger partial charge in [-0.15, -0.1) is 0 Å². The average Bonchev–Trinajstić information content (AvgIpc) is 3.18. The van der Waals surface area contributed by atoms with E-state index < -0.39 is 0 Å². The van der Waals surface area contributed by atoms with Crippen LogP contribution in [0.4, 0.5) is 10.1 Å². The van der Waals surface area contributed by atoms with Crippen LogP contribution in [0.1, 0.15) is 51.2 Å². The van der Waals surface area contributed by atoms with Gasteiger partial charge in [0.05, 0.1) is 5.69 Å². The largest absolute Gasteiger partial charge is 0.379 e. The second kappa shape index (κ2) is 9.40. The van der Waals surface area contributed by atoms with Crippen molar-refractivity contribution in [2.45, 2.75) is 32.2 Å². The predicted molar refractivity (Wildman–Crippen MR) is 127 cm³/mol. The minimum atomic E-state index is -0.256. The lowest BCUT2D eigenvalue weighted by atomic mass is 9.89. The van der Waals surface area contributed by atoms with Crippen LogP contribution in [0.25, 0.3) is 11.1 Å². The van der Waals surface area contributed by atoms with Crippen molar-refractivity contribution in [1.29, 1.82) is 0 Å². The number of rotatable bonds is 6. The van der Waals surface area contributed by atoms with Crippen LogP contribution in [0.2, 0.25) is 0 Å². The zero-order valence-electron chi connectivity index (χ0n) is 18.9. The summed E-state index contributed by atoms with van der Waals surface area (Å²) >= 11 is 0. The molecule has 1 aliphatic rings. The summed E-state index contributed by atoms with van der Waals surface area (Å²) in [5.41, 5.74) is 5.25. The molecule has 3 aromatic rings. The SMILES string of the molecule is CNC(=O)c1ccc(-c2ccnc(C(=O)NCCC3c4c(C)ccc(F)c4NC3C)c2)cc1. The average molecular weight is 447 g/mol. The minimum Gasteiger partial charge on any atom is -0.379 e. The summed E-state index contributed by atoms with van der Waals surface area (Å²) in [5, 5.41) is 8.78. The van der Waals surface area contributed by atoms with E-state index in [0.717, 1.165) is 22.3 Å². The molecule has 170 valence electrons. The van der Waals surface area contributed by atoms with Gasteiger partial charge in [0, 0.05) is 37.3 Å². The smallest absolute Gasteiger partial charge is 0.269 e. The highest BCUT2D eigenvalue weighted by molar-refractivity contribution is 5.95. The normalized spacial score (nSPS) is 16.6. The summed E-state index contributed by atoms with van der Waals surface area (Å²) in [5.74, 6) is -0.523. The Bertz CT molecular complexity index is 1190. The summed E-state index contributed by atoms with van der Waals surface area (Å²) in [6.45, 7) is 4.48. The molecule has 1 aliphatic heterocycles. The van der Waals surface area contributed by atoms with Crippen LogP contribution in [-0.2, 0) is 0 Å². The first-order valence-corrected chi connectivity index (χ1v) is 11.0. The number of benzene rings is 2. The van der Waals surface area contributed by atoms with Gasteiger partial charge in [-0.25, -0.2) is 4.39 Å². The van der Waals surface area contributed by atoms with E-state index in [1.54, 1.807) is 37.5 Å². The molecule has 2 amide bonds. The number of halogens is 1. The van der Waals surface area contributed by atoms with Crippen LogP contribution in [0.5, 0.6) is 0 Å². The van der Waals surface area contributed by atoms with E-state index in [9.17, 15) is 14.0 Å². The fourth-order valence-electron chi connectivity index (χ4n) is 4.42. The molecule has 0 fully saturated rings. The maximum absolute atomic E-state index is 14.2. The quantitative estimate of drug-likeness (QED) is 0.528. The fourth-order valence-corrected chi connectivity index (χ4v) is 4.42. The van der Waals surface area contributed by atoms with Crippen molar-refractivity contribution >= 4 is 17.5 Å². The second-order valence-corrected chi connectivity index (χ2v) is 8.32. The molecule has 0 radical (unpaired) electrons. The number of fused-ring (bicyclic) bond motifs is 1. The van der Waals surface area contributed by atoms with E-state index >= 15 is 0 Å². The Kier molecular flexibility index (Phi) is 6.40. The van der Waals surface area contributed by atoms with Crippen molar-refractivity contribution in [3.05, 3.63) is 82.9 Å². The summed E-state index contributed by atoms with van der Waals surface area (Å²) in [6.07, 6.45) is 2.29. The lowest BCUT2D eigenvalue weighted by Crippen LogP contribution is -2.28. The van der Waals surface area contributed by atoms with Crippen LogP contribution in [0.15, 0.2) is 54.7 Å². The standard InChI is InChI=1S/C26H27FN4O2/c1-15-4-9-21(27)24-23(15)20(16(2)31-24)11-13-30-26(33)22-14-19(10-12-29-22)17-5-7-18(8-6-17)25(32)28-3/h4-10,12,14,16,20,31H,11,13H2,1-3H3,(H,28,32)(H,30,33). The number of amides is 2. The molecular formula is C26H27FN4O2. The Morgan fingerprint density at radius 1 is 1.06 bits per heavy atom. The highest BCUT2D eigenvalue weighted by atomic mass is 19.1. The Morgan fingerprint density at radius 2 is 1.82 bits per heavy atom. The van der Waals surface area contributed by atoms with E-state index in [-0.39, 0.29) is 29.6 Å². The van der Waals surface area contributed by atoms with Gasteiger partial charge in [0.2, 0.25) is 0 Å². The van der Waals surface area contributed by atoms with Crippen molar-refractivity contribution < 1.29 is 14.0 Å². The number of anilines is 1. The highest BCUT2D eigenvalue weighted by Gasteiger charge is 2.32. The summed E-state index contributed by atoms with van der Waals surface area (Å²) in [7, 11) is 1.59. The Balaban J connectivity index is 1.41. The number of nitrogens with one attached hydrogen (secondary N) is 3. The second-order valence-electron chi connectivity index (χ2n) is 8.32. The molecule has 0 bridgehead atoms. The zero-order valence-corrected chi connectivity index (χ0v) is 18.9. The first-order valence-electron chi connectivity index (χ1n) is 11.0. The molecule has 3 N–H and O–H groups in total. The molecule has 1 aromatic heterocycles. The van der Waals surface area contributed by atoms with Gasteiger partial charge >= 0.3 is 0 Å². The molecule has 0 aliphatic carbocycles. The van der Waals surface area contributed by atoms with Gasteiger partial charge in [-0.05, 0) is 72.9 Å². The van der Waals surface area contributed by atoms with Crippen molar-refractivity contribution in [2.75, 3.05) is 18.9 Å². The molecule has 0 saturated carbocycles. The summed E-state index contributed by atoms with van der Waals surface area (Å²) < 4.78 is 14.2. The molecule has 33 heavy (non-hydrogen) atoms. The first-order chi connectivity index (χ1) is 15.9. The zero-order chi connectivity index (χ0) is 23.5. The Labute approximate surface area is 192 Å². The van der Waals surface area contributed by atoms with Crippen molar-refractivity contribution in [1.82, 2.24) is 15.6 Å². The molecule has 2 aromatic carbocycles. The van der Waals surface area contributed by atoms with Crippen molar-refractivity contribution in [3.8, 4) is 11.1 Å². The predicted octanol–water partition coefficient (Wildman–Crippen LogP) is 4.27. The monoisotopic (exact) mass is 446 g/mol. The third-order valence-corrected chi connectivity index (χ3v) is 6.20. The van der Waals surface area contributed by atoms with Gasteiger partial charge in [0.25, 0.3) is 11.8 Å². The van der Waals surface area contributed by atoms with Gasteiger partial charge < -0.3 is 16.0 Å². The number of carbonyl (C=O) groups excluding carboxylic acids is 2. The molecule has 2 unspecified atom stereocenters. The topological polar surface area (TPSA) is 83.1 Å². The number of nitrogens with zero attached hydrogens (tertiary/aromatic N) is 1. The molecular weight excluding hydrogens is 419 g/mol. The molecule has 2 heterocycles. The highest BCUT2D eigenvalue weighted by Crippen LogP contribution is 2.41. The van der Waals surface area contributed by atoms with Gasteiger partial charge in [-0.3, -0.25) is 14.6 Å². The van der Waals surface area contributed by atoms with E-state index in [1.165, 1.54) is 6.07 Å². The number of hydrogen-bond donors (Lipinski definition) is 3. The maximum atomic E-state index is 14.2. The van der Waals surface area contributed by atoms with Crippen LogP contribution in [0, 0.1) is 12.7 Å². The first kappa shape index (κ1) is 22.5. The number of pyridine rings is 1. The molecule has 0 saturated heterocycles. The third-order valence-electron chi connectivity index (χ3n) is 6.20. The van der Waals surface area contributed by atoms with E-state index in [4.69, 9.17) is 0 Å². The lowest BCUT2D eigenvalue weighted by Gasteiger charge is -2.17.